The SMILES string of the molecule is Cc1ccc(C(N)C(=O)N2CCCC(CN3CCCCCC3)C2)cc1. The lowest BCUT2D eigenvalue weighted by molar-refractivity contribution is -0.134. The van der Waals surface area contributed by atoms with Crippen molar-refractivity contribution in [2.75, 3.05) is 32.7 Å². The van der Waals surface area contributed by atoms with Gasteiger partial charge in [0.25, 0.3) is 0 Å². The van der Waals surface area contributed by atoms with Crippen LogP contribution in [0.15, 0.2) is 24.3 Å². The zero-order valence-corrected chi connectivity index (χ0v) is 15.6. The number of nitrogens with two attached hydrogens (primary N) is 1. The Kier molecular flexibility index (Phi) is 6.49. The Hall–Kier alpha value is -1.39. The van der Waals surface area contributed by atoms with E-state index in [1.165, 1.54) is 50.8 Å². The molecular weight excluding hydrogens is 310 g/mol. The molecule has 2 aliphatic heterocycles. The molecule has 4 heteroatoms. The quantitative estimate of drug-likeness (QED) is 0.914. The molecule has 138 valence electrons. The molecule has 3 rings (SSSR count). The number of rotatable bonds is 4. The Morgan fingerprint density at radius 1 is 1.08 bits per heavy atom. The van der Waals surface area contributed by atoms with E-state index in [0.717, 1.165) is 31.6 Å². The van der Waals surface area contributed by atoms with Gasteiger partial charge in [-0.05, 0) is 57.2 Å². The van der Waals surface area contributed by atoms with Gasteiger partial charge in [0.1, 0.15) is 6.04 Å². The summed E-state index contributed by atoms with van der Waals surface area (Å²) in [5, 5.41) is 0. The zero-order valence-electron chi connectivity index (χ0n) is 15.6. The molecule has 0 spiro atoms. The number of aryl methyl sites for hydroxylation is 1. The molecule has 0 aromatic heterocycles. The topological polar surface area (TPSA) is 49.6 Å². The molecule has 1 aromatic carbocycles. The van der Waals surface area contributed by atoms with Crippen LogP contribution in [0.4, 0.5) is 0 Å². The lowest BCUT2D eigenvalue weighted by atomic mass is 9.95. The number of nitrogens with zero attached hydrogens (tertiary/aromatic N) is 2. The van der Waals surface area contributed by atoms with E-state index in [0.29, 0.717) is 5.92 Å². The third kappa shape index (κ3) is 5.05. The normalized spacial score (nSPS) is 23.9. The summed E-state index contributed by atoms with van der Waals surface area (Å²) in [6.45, 7) is 7.38. The second-order valence-corrected chi connectivity index (χ2v) is 7.90. The van der Waals surface area contributed by atoms with Crippen molar-refractivity contribution in [3.05, 3.63) is 35.4 Å². The molecule has 2 saturated heterocycles. The Morgan fingerprint density at radius 2 is 1.76 bits per heavy atom. The van der Waals surface area contributed by atoms with Crippen LogP contribution in [0.2, 0.25) is 0 Å². The maximum Gasteiger partial charge on any atom is 0.244 e. The van der Waals surface area contributed by atoms with E-state index in [1.807, 2.05) is 29.2 Å². The first-order chi connectivity index (χ1) is 12.1. The van der Waals surface area contributed by atoms with E-state index in [9.17, 15) is 4.79 Å². The minimum atomic E-state index is -0.530. The molecular formula is C21H33N3O. The smallest absolute Gasteiger partial charge is 0.244 e. The van der Waals surface area contributed by atoms with Crippen molar-refractivity contribution in [2.24, 2.45) is 11.7 Å². The molecule has 4 nitrogen and oxygen atoms in total. The van der Waals surface area contributed by atoms with Gasteiger partial charge in [-0.1, -0.05) is 42.7 Å². The first-order valence-electron chi connectivity index (χ1n) is 9.97. The Labute approximate surface area is 152 Å². The van der Waals surface area contributed by atoms with Crippen LogP contribution >= 0.6 is 0 Å². The van der Waals surface area contributed by atoms with Crippen molar-refractivity contribution < 1.29 is 4.79 Å². The molecule has 25 heavy (non-hydrogen) atoms. The van der Waals surface area contributed by atoms with Crippen molar-refractivity contribution >= 4 is 5.91 Å². The van der Waals surface area contributed by atoms with E-state index < -0.39 is 6.04 Å². The second kappa shape index (κ2) is 8.81. The number of amides is 1. The van der Waals surface area contributed by atoms with E-state index in [-0.39, 0.29) is 5.91 Å². The van der Waals surface area contributed by atoms with Gasteiger partial charge in [0.05, 0.1) is 0 Å². The molecule has 2 fully saturated rings. The van der Waals surface area contributed by atoms with E-state index in [4.69, 9.17) is 5.73 Å². The van der Waals surface area contributed by atoms with Gasteiger partial charge in [0, 0.05) is 19.6 Å². The van der Waals surface area contributed by atoms with Crippen molar-refractivity contribution in [1.82, 2.24) is 9.80 Å². The van der Waals surface area contributed by atoms with Gasteiger partial charge >= 0.3 is 0 Å². The predicted molar refractivity (Wildman–Crippen MR) is 102 cm³/mol. The first-order valence-corrected chi connectivity index (χ1v) is 9.97. The molecule has 0 bridgehead atoms. The van der Waals surface area contributed by atoms with Crippen molar-refractivity contribution in [3.63, 3.8) is 0 Å². The van der Waals surface area contributed by atoms with Gasteiger partial charge < -0.3 is 15.5 Å². The highest BCUT2D eigenvalue weighted by molar-refractivity contribution is 5.83. The summed E-state index contributed by atoms with van der Waals surface area (Å²) in [5.41, 5.74) is 8.38. The summed E-state index contributed by atoms with van der Waals surface area (Å²) in [5.74, 6) is 0.686. The summed E-state index contributed by atoms with van der Waals surface area (Å²) in [4.78, 5) is 17.5. The number of carbonyl (C=O) groups is 1. The summed E-state index contributed by atoms with van der Waals surface area (Å²) in [7, 11) is 0. The third-order valence-corrected chi connectivity index (χ3v) is 5.75. The average Bonchev–Trinajstić information content (AvgIpc) is 2.90. The molecule has 1 amide bonds. The first kappa shape index (κ1) is 18.4. The lowest BCUT2D eigenvalue weighted by Crippen LogP contribution is -2.47. The number of benzene rings is 1. The number of carbonyl (C=O) groups excluding carboxylic acids is 1. The summed E-state index contributed by atoms with van der Waals surface area (Å²) in [6.07, 6.45) is 7.74. The van der Waals surface area contributed by atoms with Crippen LogP contribution in [0, 0.1) is 12.8 Å². The van der Waals surface area contributed by atoms with Crippen molar-refractivity contribution in [2.45, 2.75) is 51.5 Å². The number of likely N-dealkylation sites (tertiary alicyclic amines) is 2. The molecule has 2 heterocycles. The van der Waals surface area contributed by atoms with Crippen LogP contribution in [-0.2, 0) is 4.79 Å². The molecule has 2 aliphatic rings. The fourth-order valence-electron chi connectivity index (χ4n) is 4.21. The van der Waals surface area contributed by atoms with Gasteiger partial charge in [0.15, 0.2) is 0 Å². The highest BCUT2D eigenvalue weighted by Gasteiger charge is 2.28. The second-order valence-electron chi connectivity index (χ2n) is 7.90. The van der Waals surface area contributed by atoms with Gasteiger partial charge in [0.2, 0.25) is 5.91 Å². The Bertz CT molecular complexity index is 549. The highest BCUT2D eigenvalue weighted by Crippen LogP contribution is 2.22. The van der Waals surface area contributed by atoms with Crippen LogP contribution in [-0.4, -0.2) is 48.4 Å². The summed E-state index contributed by atoms with van der Waals surface area (Å²) in [6, 6.07) is 7.49. The van der Waals surface area contributed by atoms with Crippen LogP contribution in [0.5, 0.6) is 0 Å². The fraction of sp³-hybridized carbons (Fsp3) is 0.667. The van der Waals surface area contributed by atoms with Crippen molar-refractivity contribution in [1.29, 1.82) is 0 Å². The summed E-state index contributed by atoms with van der Waals surface area (Å²) < 4.78 is 0. The minimum absolute atomic E-state index is 0.0874. The van der Waals surface area contributed by atoms with E-state index >= 15 is 0 Å². The average molecular weight is 344 g/mol. The van der Waals surface area contributed by atoms with Crippen LogP contribution in [0.25, 0.3) is 0 Å². The van der Waals surface area contributed by atoms with E-state index in [2.05, 4.69) is 11.8 Å². The molecule has 0 saturated carbocycles. The summed E-state index contributed by atoms with van der Waals surface area (Å²) >= 11 is 0. The molecule has 0 aliphatic carbocycles. The molecule has 2 atom stereocenters. The van der Waals surface area contributed by atoms with Crippen LogP contribution < -0.4 is 5.73 Å². The predicted octanol–water partition coefficient (Wildman–Crippen LogP) is 3.11. The Balaban J connectivity index is 1.56. The van der Waals surface area contributed by atoms with Gasteiger partial charge in [-0.3, -0.25) is 4.79 Å². The van der Waals surface area contributed by atoms with Crippen LogP contribution in [0.1, 0.15) is 55.7 Å². The maximum absolute atomic E-state index is 12.9. The fourth-order valence-corrected chi connectivity index (χ4v) is 4.21. The number of hydrogen-bond acceptors (Lipinski definition) is 3. The molecule has 0 radical (unpaired) electrons. The molecule has 2 N–H and O–H groups in total. The third-order valence-electron chi connectivity index (χ3n) is 5.75. The van der Waals surface area contributed by atoms with E-state index in [1.54, 1.807) is 0 Å². The van der Waals surface area contributed by atoms with Gasteiger partial charge in [-0.2, -0.15) is 0 Å². The number of piperidine rings is 1. The van der Waals surface area contributed by atoms with Crippen LogP contribution in [0.3, 0.4) is 0 Å². The highest BCUT2D eigenvalue weighted by atomic mass is 16.2. The largest absolute Gasteiger partial charge is 0.341 e. The molecule has 1 aromatic rings. The van der Waals surface area contributed by atoms with Gasteiger partial charge in [-0.25, -0.2) is 0 Å². The molecule has 2 unspecified atom stereocenters. The van der Waals surface area contributed by atoms with Crippen molar-refractivity contribution in [3.8, 4) is 0 Å². The maximum atomic E-state index is 12.9. The van der Waals surface area contributed by atoms with Gasteiger partial charge in [-0.15, -0.1) is 0 Å². The minimum Gasteiger partial charge on any atom is -0.341 e. The zero-order chi connectivity index (χ0) is 17.6. The monoisotopic (exact) mass is 343 g/mol. The lowest BCUT2D eigenvalue weighted by Gasteiger charge is -2.36. The number of hydrogen-bond donors (Lipinski definition) is 1. The standard InChI is InChI=1S/C21H33N3O/c1-17-8-10-19(11-9-17)20(22)21(25)24-14-6-7-18(16-24)15-23-12-4-2-3-5-13-23/h8-11,18,20H,2-7,12-16,22H2,1H3. The Morgan fingerprint density at radius 3 is 2.44 bits per heavy atom.